The van der Waals surface area contributed by atoms with Crippen molar-refractivity contribution in [2.45, 2.75) is 0 Å². The molecule has 1 rings (SSSR count). The van der Waals surface area contributed by atoms with Gasteiger partial charge in [0.15, 0.2) is 5.78 Å². The fourth-order valence-electron chi connectivity index (χ4n) is 0.918. The van der Waals surface area contributed by atoms with Crippen LogP contribution < -0.4 is 0 Å². The molecule has 0 fully saturated rings. The van der Waals surface area contributed by atoms with E-state index >= 15 is 0 Å². The number of carbonyl (C=O) groups excluding carboxylic acids is 1. The van der Waals surface area contributed by atoms with Crippen molar-refractivity contribution in [3.63, 3.8) is 0 Å². The van der Waals surface area contributed by atoms with Crippen molar-refractivity contribution in [2.75, 3.05) is 12.0 Å². The predicted octanol–water partition coefficient (Wildman–Crippen LogP) is 1.94. The molecular weight excluding hydrogens is 172 g/mol. The number of thioether (sulfide) groups is 1. The first kappa shape index (κ1) is 9.13. The molecule has 0 aromatic heterocycles. The Bertz CT molecular complexity index is 284. The quantitative estimate of drug-likeness (QED) is 0.726. The number of hydrogen-bond acceptors (Lipinski definition) is 3. The van der Waals surface area contributed by atoms with E-state index in [2.05, 4.69) is 0 Å². The summed E-state index contributed by atoms with van der Waals surface area (Å²) in [6.07, 6.45) is 1.86. The van der Waals surface area contributed by atoms with Gasteiger partial charge in [0.2, 0.25) is 0 Å². The zero-order valence-electron chi connectivity index (χ0n) is 6.78. The minimum absolute atomic E-state index is 0.0272. The third-order valence-electron chi connectivity index (χ3n) is 1.48. The third-order valence-corrected chi connectivity index (χ3v) is 2.03. The van der Waals surface area contributed by atoms with Crippen LogP contribution in [0.3, 0.4) is 0 Å². The zero-order valence-corrected chi connectivity index (χ0v) is 7.60. The monoisotopic (exact) mass is 182 g/mol. The van der Waals surface area contributed by atoms with E-state index in [9.17, 15) is 9.90 Å². The van der Waals surface area contributed by atoms with Crippen molar-refractivity contribution in [1.29, 1.82) is 0 Å². The van der Waals surface area contributed by atoms with E-state index in [1.807, 2.05) is 6.26 Å². The van der Waals surface area contributed by atoms with Crippen molar-refractivity contribution in [3.8, 4) is 5.75 Å². The predicted molar refractivity (Wildman–Crippen MR) is 50.8 cm³/mol. The lowest BCUT2D eigenvalue weighted by Crippen LogP contribution is -2.01. The van der Waals surface area contributed by atoms with Gasteiger partial charge in [-0.15, -0.1) is 0 Å². The summed E-state index contributed by atoms with van der Waals surface area (Å²) in [4.78, 5) is 11.3. The smallest absolute Gasteiger partial charge is 0.176 e. The van der Waals surface area contributed by atoms with Crippen LogP contribution in [0, 0.1) is 0 Å². The summed E-state index contributed by atoms with van der Waals surface area (Å²) in [5.74, 6) is 0.453. The second kappa shape index (κ2) is 4.16. The largest absolute Gasteiger partial charge is 0.507 e. The summed E-state index contributed by atoms with van der Waals surface area (Å²) in [6, 6.07) is 6.60. The van der Waals surface area contributed by atoms with E-state index < -0.39 is 0 Å². The van der Waals surface area contributed by atoms with E-state index in [0.717, 1.165) is 0 Å². The van der Waals surface area contributed by atoms with Crippen molar-refractivity contribution in [2.24, 2.45) is 0 Å². The fraction of sp³-hybridized carbons (Fsp3) is 0.222. The van der Waals surface area contributed by atoms with Crippen LogP contribution in [0.4, 0.5) is 0 Å². The Morgan fingerprint density at radius 3 is 2.75 bits per heavy atom. The van der Waals surface area contributed by atoms with Gasteiger partial charge in [0.1, 0.15) is 5.75 Å². The summed E-state index contributed by atoms with van der Waals surface area (Å²) in [5, 5.41) is 9.28. The molecule has 12 heavy (non-hydrogen) atoms. The Hall–Kier alpha value is -0.960. The van der Waals surface area contributed by atoms with Crippen LogP contribution in [0.5, 0.6) is 5.75 Å². The van der Waals surface area contributed by atoms with Crippen molar-refractivity contribution in [3.05, 3.63) is 29.8 Å². The van der Waals surface area contributed by atoms with E-state index in [1.54, 1.807) is 18.2 Å². The Morgan fingerprint density at radius 1 is 1.50 bits per heavy atom. The minimum Gasteiger partial charge on any atom is -0.507 e. The molecule has 0 saturated heterocycles. The molecule has 0 unspecified atom stereocenters. The average Bonchev–Trinajstić information content (AvgIpc) is 2.05. The number of aromatic hydroxyl groups is 1. The van der Waals surface area contributed by atoms with Gasteiger partial charge in [0.05, 0.1) is 11.3 Å². The Balaban J connectivity index is 2.87. The number of ketones is 1. The zero-order chi connectivity index (χ0) is 8.97. The standard InChI is InChI=1S/C9H10O2S/c1-12-6-9(11)7-4-2-3-5-8(7)10/h2-5,10H,6H2,1H3. The van der Waals surface area contributed by atoms with Crippen LogP contribution in [0.1, 0.15) is 10.4 Å². The highest BCUT2D eigenvalue weighted by molar-refractivity contribution is 7.99. The van der Waals surface area contributed by atoms with Gasteiger partial charge < -0.3 is 5.11 Å². The maximum Gasteiger partial charge on any atom is 0.176 e. The minimum atomic E-state index is -0.0272. The SMILES string of the molecule is CSCC(=O)c1ccccc1O. The van der Waals surface area contributed by atoms with Gasteiger partial charge in [-0.1, -0.05) is 12.1 Å². The molecule has 1 aromatic rings. The van der Waals surface area contributed by atoms with Gasteiger partial charge in [0, 0.05) is 0 Å². The van der Waals surface area contributed by atoms with Crippen molar-refractivity contribution >= 4 is 17.5 Å². The van der Waals surface area contributed by atoms with Gasteiger partial charge in [-0.3, -0.25) is 4.79 Å². The maximum absolute atomic E-state index is 11.3. The molecule has 0 amide bonds. The van der Waals surface area contributed by atoms with E-state index in [0.29, 0.717) is 11.3 Å². The molecule has 0 atom stereocenters. The molecule has 1 N–H and O–H groups in total. The van der Waals surface area contributed by atoms with E-state index in [-0.39, 0.29) is 11.5 Å². The molecular formula is C9H10O2S. The lowest BCUT2D eigenvalue weighted by molar-refractivity contribution is 0.102. The number of rotatable bonds is 3. The number of phenolic OH excluding ortho intramolecular Hbond substituents is 1. The second-order valence-electron chi connectivity index (χ2n) is 2.37. The molecule has 0 aliphatic carbocycles. The molecule has 0 bridgehead atoms. The number of Topliss-reactive ketones (excluding diaryl/α,β-unsaturated/α-hetero) is 1. The molecule has 64 valence electrons. The lowest BCUT2D eigenvalue weighted by atomic mass is 10.1. The van der Waals surface area contributed by atoms with Crippen molar-refractivity contribution < 1.29 is 9.90 Å². The molecule has 0 spiro atoms. The molecule has 0 radical (unpaired) electrons. The third kappa shape index (κ3) is 2.01. The first-order chi connectivity index (χ1) is 5.75. The van der Waals surface area contributed by atoms with Crippen LogP contribution in [-0.4, -0.2) is 22.9 Å². The molecule has 0 aliphatic heterocycles. The summed E-state index contributed by atoms with van der Waals surface area (Å²) in [5.41, 5.74) is 0.409. The fourth-order valence-corrected chi connectivity index (χ4v) is 1.34. The van der Waals surface area contributed by atoms with Crippen LogP contribution in [0.25, 0.3) is 0 Å². The highest BCUT2D eigenvalue weighted by Crippen LogP contribution is 2.17. The van der Waals surface area contributed by atoms with Gasteiger partial charge in [-0.05, 0) is 18.4 Å². The first-order valence-electron chi connectivity index (χ1n) is 3.56. The number of benzene rings is 1. The highest BCUT2D eigenvalue weighted by atomic mass is 32.2. The van der Waals surface area contributed by atoms with E-state index in [1.165, 1.54) is 17.8 Å². The van der Waals surface area contributed by atoms with Gasteiger partial charge in [0.25, 0.3) is 0 Å². The first-order valence-corrected chi connectivity index (χ1v) is 4.95. The van der Waals surface area contributed by atoms with Crippen LogP contribution >= 0.6 is 11.8 Å². The van der Waals surface area contributed by atoms with Crippen molar-refractivity contribution in [1.82, 2.24) is 0 Å². The molecule has 0 heterocycles. The molecule has 3 heteroatoms. The summed E-state index contributed by atoms with van der Waals surface area (Å²) in [7, 11) is 0. The molecule has 2 nitrogen and oxygen atoms in total. The molecule has 0 aliphatic rings. The topological polar surface area (TPSA) is 37.3 Å². The highest BCUT2D eigenvalue weighted by Gasteiger charge is 2.08. The van der Waals surface area contributed by atoms with E-state index in [4.69, 9.17) is 0 Å². The average molecular weight is 182 g/mol. The van der Waals surface area contributed by atoms with Crippen LogP contribution in [-0.2, 0) is 0 Å². The molecule has 1 aromatic carbocycles. The number of phenols is 1. The summed E-state index contributed by atoms with van der Waals surface area (Å²) >= 11 is 1.45. The Morgan fingerprint density at radius 2 is 2.17 bits per heavy atom. The maximum atomic E-state index is 11.3. The normalized spacial score (nSPS) is 9.75. The van der Waals surface area contributed by atoms with Gasteiger partial charge in [-0.2, -0.15) is 11.8 Å². The molecule has 0 saturated carbocycles. The Labute approximate surface area is 75.6 Å². The lowest BCUT2D eigenvalue weighted by Gasteiger charge is -2.00. The Kier molecular flexibility index (Phi) is 3.17. The number of carbonyl (C=O) groups is 1. The van der Waals surface area contributed by atoms with Crippen LogP contribution in [0.2, 0.25) is 0 Å². The van der Waals surface area contributed by atoms with Crippen LogP contribution in [0.15, 0.2) is 24.3 Å². The summed E-state index contributed by atoms with van der Waals surface area (Å²) < 4.78 is 0. The number of hydrogen-bond donors (Lipinski definition) is 1. The number of para-hydroxylation sites is 1. The summed E-state index contributed by atoms with van der Waals surface area (Å²) in [6.45, 7) is 0. The second-order valence-corrected chi connectivity index (χ2v) is 3.24. The van der Waals surface area contributed by atoms with Gasteiger partial charge in [-0.25, -0.2) is 0 Å². The van der Waals surface area contributed by atoms with Gasteiger partial charge >= 0.3 is 0 Å².